The molecule has 27 heavy (non-hydrogen) atoms. The lowest BCUT2D eigenvalue weighted by Gasteiger charge is -2.13. The van der Waals surface area contributed by atoms with E-state index in [9.17, 15) is 4.79 Å². The molecule has 0 saturated heterocycles. The van der Waals surface area contributed by atoms with Crippen LogP contribution in [0.15, 0.2) is 54.6 Å². The summed E-state index contributed by atoms with van der Waals surface area (Å²) in [5, 5.41) is 16.9. The molecule has 1 amide bonds. The highest BCUT2D eigenvalue weighted by Gasteiger charge is 2.21. The van der Waals surface area contributed by atoms with Crippen molar-refractivity contribution in [2.45, 2.75) is 19.3 Å². The van der Waals surface area contributed by atoms with Crippen molar-refractivity contribution in [3.8, 4) is 11.4 Å². The van der Waals surface area contributed by atoms with Gasteiger partial charge in [-0.05, 0) is 36.2 Å². The molecule has 0 aliphatic rings. The number of nitrogens with zero attached hydrogens (tertiary/aromatic N) is 4. The van der Waals surface area contributed by atoms with Crippen molar-refractivity contribution < 1.29 is 4.79 Å². The summed E-state index contributed by atoms with van der Waals surface area (Å²) in [4.78, 5) is 13.3. The topological polar surface area (TPSA) is 72.2 Å². The van der Waals surface area contributed by atoms with Crippen LogP contribution in [0.3, 0.4) is 0 Å². The molecular weight excluding hydrogens is 382 g/mol. The minimum Gasteiger partial charge on any atom is -0.300 e. The molecule has 8 heteroatoms. The highest BCUT2D eigenvalue weighted by molar-refractivity contribution is 7.20. The van der Waals surface area contributed by atoms with E-state index in [0.717, 1.165) is 11.1 Å². The first-order valence-corrected chi connectivity index (χ1v) is 9.69. The summed E-state index contributed by atoms with van der Waals surface area (Å²) >= 11 is 7.23. The molecule has 4 aromatic rings. The summed E-state index contributed by atoms with van der Waals surface area (Å²) in [6.45, 7) is 1.99. The maximum Gasteiger partial charge on any atom is 0.236 e. The Morgan fingerprint density at radius 2 is 1.89 bits per heavy atom. The Hall–Kier alpha value is -2.77. The van der Waals surface area contributed by atoms with E-state index >= 15 is 0 Å². The van der Waals surface area contributed by atoms with Crippen molar-refractivity contribution in [3.63, 3.8) is 0 Å². The fourth-order valence-corrected chi connectivity index (χ4v) is 3.77. The summed E-state index contributed by atoms with van der Waals surface area (Å²) in [7, 11) is 0. The molecule has 0 bridgehead atoms. The van der Waals surface area contributed by atoms with E-state index < -0.39 is 0 Å². The Balaban J connectivity index is 1.59. The van der Waals surface area contributed by atoms with Gasteiger partial charge in [0.15, 0.2) is 5.82 Å². The number of rotatable bonds is 5. The van der Waals surface area contributed by atoms with Crippen LogP contribution in [0.2, 0.25) is 5.02 Å². The van der Waals surface area contributed by atoms with Gasteiger partial charge < -0.3 is 0 Å². The third kappa shape index (κ3) is 3.56. The first kappa shape index (κ1) is 17.6. The quantitative estimate of drug-likeness (QED) is 0.532. The summed E-state index contributed by atoms with van der Waals surface area (Å²) in [5.41, 5.74) is 1.84. The van der Waals surface area contributed by atoms with Crippen molar-refractivity contribution >= 4 is 38.9 Å². The molecule has 2 aromatic heterocycles. The Labute approximate surface area is 164 Å². The Kier molecular flexibility index (Phi) is 4.87. The molecule has 2 aromatic carbocycles. The van der Waals surface area contributed by atoms with Crippen LogP contribution in [0.1, 0.15) is 24.8 Å². The Bertz CT molecular complexity index is 1070. The smallest absolute Gasteiger partial charge is 0.236 e. The normalized spacial score (nSPS) is 12.2. The largest absolute Gasteiger partial charge is 0.300 e. The molecule has 0 spiro atoms. The number of anilines is 1. The molecule has 4 rings (SSSR count). The van der Waals surface area contributed by atoms with E-state index in [-0.39, 0.29) is 11.8 Å². The van der Waals surface area contributed by atoms with E-state index in [1.165, 1.54) is 11.3 Å². The third-order valence-corrected chi connectivity index (χ3v) is 5.32. The van der Waals surface area contributed by atoms with Crippen LogP contribution in [0, 0.1) is 0 Å². The van der Waals surface area contributed by atoms with Gasteiger partial charge in [-0.15, -0.1) is 15.3 Å². The van der Waals surface area contributed by atoms with Crippen molar-refractivity contribution in [3.05, 3.63) is 65.2 Å². The second-order valence-electron chi connectivity index (χ2n) is 5.99. The zero-order valence-electron chi connectivity index (χ0n) is 14.5. The minimum absolute atomic E-state index is 0.0818. The summed E-state index contributed by atoms with van der Waals surface area (Å²) < 4.78 is 1.63. The Morgan fingerprint density at radius 1 is 1.15 bits per heavy atom. The van der Waals surface area contributed by atoms with Gasteiger partial charge in [0.2, 0.25) is 16.0 Å². The number of benzene rings is 2. The van der Waals surface area contributed by atoms with E-state index in [1.54, 1.807) is 16.6 Å². The molecule has 6 nitrogen and oxygen atoms in total. The van der Waals surface area contributed by atoms with Crippen molar-refractivity contribution in [1.29, 1.82) is 0 Å². The molecule has 1 N–H and O–H groups in total. The standard InChI is InChI=1S/C19H16ClN5OS/c1-2-15(12-6-4-3-5-7-12)17(26)21-18-24-25-16(22-23-19(25)27-18)13-8-10-14(20)11-9-13/h3-11,15H,2H2,1H3,(H,21,24,26)/t15-/m0/s1. The number of aromatic nitrogens is 4. The SMILES string of the molecule is CC[C@H](C(=O)Nc1nn2c(-c3ccc(Cl)cc3)nnc2s1)c1ccccc1. The molecule has 0 aliphatic heterocycles. The van der Waals surface area contributed by atoms with Crippen LogP contribution in [0.4, 0.5) is 5.13 Å². The number of halogens is 1. The number of hydrogen-bond donors (Lipinski definition) is 1. The van der Waals surface area contributed by atoms with Crippen molar-refractivity contribution in [2.24, 2.45) is 0 Å². The first-order valence-electron chi connectivity index (χ1n) is 8.49. The molecule has 0 fully saturated rings. The number of hydrogen-bond acceptors (Lipinski definition) is 5. The van der Waals surface area contributed by atoms with Gasteiger partial charge in [-0.2, -0.15) is 4.52 Å². The first-order chi connectivity index (χ1) is 13.2. The average Bonchev–Trinajstić information content (AvgIpc) is 3.24. The van der Waals surface area contributed by atoms with Gasteiger partial charge in [-0.25, -0.2) is 0 Å². The molecule has 0 unspecified atom stereocenters. The molecule has 0 radical (unpaired) electrons. The second kappa shape index (κ2) is 7.46. The van der Waals surface area contributed by atoms with E-state index in [2.05, 4.69) is 20.6 Å². The van der Waals surface area contributed by atoms with E-state index in [1.807, 2.05) is 49.4 Å². The summed E-state index contributed by atoms with van der Waals surface area (Å²) in [6.07, 6.45) is 0.704. The number of amides is 1. The highest BCUT2D eigenvalue weighted by Crippen LogP contribution is 2.27. The van der Waals surface area contributed by atoms with Gasteiger partial charge in [0.1, 0.15) is 0 Å². The zero-order valence-corrected chi connectivity index (χ0v) is 16.0. The van der Waals surface area contributed by atoms with Gasteiger partial charge in [-0.3, -0.25) is 10.1 Å². The molecule has 0 saturated carbocycles. The molecule has 136 valence electrons. The number of nitrogens with one attached hydrogen (secondary N) is 1. The van der Waals surface area contributed by atoms with E-state index in [0.29, 0.717) is 27.4 Å². The van der Waals surface area contributed by atoms with Crippen LogP contribution in [0.5, 0.6) is 0 Å². The van der Waals surface area contributed by atoms with Gasteiger partial charge in [0.25, 0.3) is 0 Å². The van der Waals surface area contributed by atoms with Crippen LogP contribution in [-0.2, 0) is 4.79 Å². The fraction of sp³-hybridized carbons (Fsp3) is 0.158. The van der Waals surface area contributed by atoms with Crippen molar-refractivity contribution in [1.82, 2.24) is 19.8 Å². The number of fused-ring (bicyclic) bond motifs is 1. The summed E-state index contributed by atoms with van der Waals surface area (Å²) in [6, 6.07) is 17.0. The van der Waals surface area contributed by atoms with Gasteiger partial charge in [0.05, 0.1) is 5.92 Å². The predicted molar refractivity (Wildman–Crippen MR) is 107 cm³/mol. The van der Waals surface area contributed by atoms with Crippen LogP contribution >= 0.6 is 22.9 Å². The van der Waals surface area contributed by atoms with E-state index in [4.69, 9.17) is 11.6 Å². The molecule has 0 aliphatic carbocycles. The lowest BCUT2D eigenvalue weighted by molar-refractivity contribution is -0.117. The zero-order chi connectivity index (χ0) is 18.8. The lowest BCUT2D eigenvalue weighted by atomic mass is 9.96. The molecular formula is C19H16ClN5OS. The van der Waals surface area contributed by atoms with Gasteiger partial charge >= 0.3 is 0 Å². The van der Waals surface area contributed by atoms with Crippen LogP contribution in [0.25, 0.3) is 16.3 Å². The monoisotopic (exact) mass is 397 g/mol. The van der Waals surface area contributed by atoms with Crippen molar-refractivity contribution in [2.75, 3.05) is 5.32 Å². The highest BCUT2D eigenvalue weighted by atomic mass is 35.5. The Morgan fingerprint density at radius 3 is 2.59 bits per heavy atom. The number of carbonyl (C=O) groups excluding carboxylic acids is 1. The number of carbonyl (C=O) groups is 1. The molecule has 2 heterocycles. The average molecular weight is 398 g/mol. The van der Waals surface area contributed by atoms with Crippen LogP contribution in [-0.4, -0.2) is 25.7 Å². The van der Waals surface area contributed by atoms with Crippen LogP contribution < -0.4 is 5.32 Å². The molecule has 1 atom stereocenters. The fourth-order valence-electron chi connectivity index (χ4n) is 2.90. The lowest BCUT2D eigenvalue weighted by Crippen LogP contribution is -2.20. The maximum atomic E-state index is 12.7. The second-order valence-corrected chi connectivity index (χ2v) is 7.39. The predicted octanol–water partition coefficient (Wildman–Crippen LogP) is 4.64. The third-order valence-electron chi connectivity index (χ3n) is 4.25. The minimum atomic E-state index is -0.226. The van der Waals surface area contributed by atoms with Gasteiger partial charge in [0, 0.05) is 10.6 Å². The maximum absolute atomic E-state index is 12.7. The summed E-state index contributed by atoms with van der Waals surface area (Å²) in [5.74, 6) is 0.298. The van der Waals surface area contributed by atoms with Gasteiger partial charge in [-0.1, -0.05) is 60.2 Å².